The molecule has 1 atom stereocenters. The van der Waals surface area contributed by atoms with Gasteiger partial charge in [0.2, 0.25) is 5.91 Å². The molecule has 90 valence electrons. The molecule has 1 aromatic rings. The molecule has 3 N–H and O–H groups in total. The van der Waals surface area contributed by atoms with Gasteiger partial charge in [0, 0.05) is 17.3 Å². The Hall–Kier alpha value is -0.870. The van der Waals surface area contributed by atoms with Gasteiger partial charge in [-0.25, -0.2) is 0 Å². The van der Waals surface area contributed by atoms with Crippen LogP contribution in [0.1, 0.15) is 23.8 Å². The van der Waals surface area contributed by atoms with Gasteiger partial charge in [-0.3, -0.25) is 4.79 Å². The van der Waals surface area contributed by atoms with Crippen molar-refractivity contribution in [3.63, 3.8) is 0 Å². The van der Waals surface area contributed by atoms with Crippen LogP contribution in [0.25, 0.3) is 0 Å². The van der Waals surface area contributed by atoms with Gasteiger partial charge >= 0.3 is 0 Å². The van der Waals surface area contributed by atoms with Crippen molar-refractivity contribution in [3.8, 4) is 0 Å². The lowest BCUT2D eigenvalue weighted by molar-refractivity contribution is -0.124. The summed E-state index contributed by atoms with van der Waals surface area (Å²) in [5.74, 6) is 0.133. The van der Waals surface area contributed by atoms with Gasteiger partial charge in [0.15, 0.2) is 0 Å². The lowest BCUT2D eigenvalue weighted by Crippen LogP contribution is -2.31. The maximum absolute atomic E-state index is 11.6. The molecule has 0 bridgehead atoms. The monoisotopic (exact) mass is 240 g/mol. The average molecular weight is 240 g/mol. The van der Waals surface area contributed by atoms with E-state index in [1.165, 1.54) is 10.4 Å². The average Bonchev–Trinajstić information content (AvgIpc) is 2.65. The van der Waals surface area contributed by atoms with E-state index >= 15 is 0 Å². The quantitative estimate of drug-likeness (QED) is 0.795. The zero-order chi connectivity index (χ0) is 12.0. The van der Waals surface area contributed by atoms with Crippen molar-refractivity contribution in [1.29, 1.82) is 0 Å². The van der Waals surface area contributed by atoms with Gasteiger partial charge in [-0.05, 0) is 43.3 Å². The molecule has 0 aliphatic heterocycles. The van der Waals surface area contributed by atoms with Crippen LogP contribution >= 0.6 is 11.3 Å². The first-order valence-electron chi connectivity index (χ1n) is 5.66. The third-order valence-electron chi connectivity index (χ3n) is 2.67. The van der Waals surface area contributed by atoms with Gasteiger partial charge in [0.25, 0.3) is 0 Å². The molecule has 3 nitrogen and oxygen atoms in total. The Morgan fingerprint density at radius 1 is 1.62 bits per heavy atom. The summed E-state index contributed by atoms with van der Waals surface area (Å²) >= 11 is 1.75. The van der Waals surface area contributed by atoms with Crippen LogP contribution in [0.15, 0.2) is 11.4 Å². The van der Waals surface area contributed by atoms with Crippen LogP contribution in [-0.2, 0) is 11.2 Å². The summed E-state index contributed by atoms with van der Waals surface area (Å²) in [7, 11) is 0. The van der Waals surface area contributed by atoms with E-state index < -0.39 is 0 Å². The Morgan fingerprint density at radius 3 is 2.94 bits per heavy atom. The van der Waals surface area contributed by atoms with E-state index in [1.807, 2.05) is 6.92 Å². The summed E-state index contributed by atoms with van der Waals surface area (Å²) in [6.07, 6.45) is 1.68. The lowest BCUT2D eigenvalue weighted by atomic mass is 10.1. The molecule has 1 heterocycles. The summed E-state index contributed by atoms with van der Waals surface area (Å²) in [4.78, 5) is 12.9. The van der Waals surface area contributed by atoms with Crippen molar-refractivity contribution < 1.29 is 4.79 Å². The van der Waals surface area contributed by atoms with E-state index in [0.717, 1.165) is 19.4 Å². The van der Waals surface area contributed by atoms with Crippen LogP contribution in [0.5, 0.6) is 0 Å². The molecule has 4 heteroatoms. The maximum Gasteiger partial charge on any atom is 0.222 e. The van der Waals surface area contributed by atoms with Gasteiger partial charge in [0.05, 0.1) is 0 Å². The van der Waals surface area contributed by atoms with Crippen molar-refractivity contribution >= 4 is 17.2 Å². The molecule has 0 aromatic carbocycles. The highest BCUT2D eigenvalue weighted by atomic mass is 32.1. The first-order chi connectivity index (χ1) is 7.65. The van der Waals surface area contributed by atoms with Crippen molar-refractivity contribution in [1.82, 2.24) is 5.32 Å². The fourth-order valence-corrected chi connectivity index (χ4v) is 2.43. The highest BCUT2D eigenvalue weighted by Crippen LogP contribution is 2.15. The fourth-order valence-electron chi connectivity index (χ4n) is 1.51. The topological polar surface area (TPSA) is 55.1 Å². The summed E-state index contributed by atoms with van der Waals surface area (Å²) in [6, 6.07) is 2.11. The van der Waals surface area contributed by atoms with E-state index in [9.17, 15) is 4.79 Å². The molecule has 0 fully saturated rings. The minimum atomic E-state index is 0.0226. The number of rotatable bonds is 6. The number of nitrogens with two attached hydrogens (primary N) is 1. The predicted octanol–water partition coefficient (Wildman–Crippen LogP) is 1.70. The number of carbonyl (C=O) groups excluding carboxylic acids is 1. The first-order valence-corrected chi connectivity index (χ1v) is 6.54. The molecule has 1 amide bonds. The van der Waals surface area contributed by atoms with Crippen molar-refractivity contribution in [3.05, 3.63) is 21.9 Å². The van der Waals surface area contributed by atoms with E-state index in [-0.39, 0.29) is 11.8 Å². The van der Waals surface area contributed by atoms with Crippen molar-refractivity contribution in [2.75, 3.05) is 13.1 Å². The Morgan fingerprint density at radius 2 is 2.38 bits per heavy atom. The van der Waals surface area contributed by atoms with Gasteiger partial charge in [0.1, 0.15) is 0 Å². The van der Waals surface area contributed by atoms with Gasteiger partial charge < -0.3 is 11.1 Å². The molecular weight excluding hydrogens is 220 g/mol. The van der Waals surface area contributed by atoms with Crippen molar-refractivity contribution in [2.24, 2.45) is 11.7 Å². The molecule has 16 heavy (non-hydrogen) atoms. The van der Waals surface area contributed by atoms with E-state index in [0.29, 0.717) is 6.54 Å². The molecule has 1 unspecified atom stereocenters. The molecule has 0 aliphatic rings. The molecular formula is C12H20N2OS. The second-order valence-corrected chi connectivity index (χ2v) is 5.05. The normalized spacial score (nSPS) is 12.4. The molecule has 0 spiro atoms. The third kappa shape index (κ3) is 3.94. The smallest absolute Gasteiger partial charge is 0.222 e. The highest BCUT2D eigenvalue weighted by Gasteiger charge is 2.10. The zero-order valence-corrected chi connectivity index (χ0v) is 10.8. The molecule has 1 rings (SSSR count). The number of hydrogen-bond donors (Lipinski definition) is 2. The number of thiophene rings is 1. The third-order valence-corrected chi connectivity index (χ3v) is 3.75. The molecule has 0 saturated carbocycles. The van der Waals surface area contributed by atoms with E-state index in [2.05, 4.69) is 23.7 Å². The fraction of sp³-hybridized carbons (Fsp3) is 0.583. The standard InChI is InChI=1S/C12H20N2OS/c1-9-5-8-16-11(9)4-7-14-12(15)10(2)3-6-13/h5,8,10H,3-4,6-7,13H2,1-2H3,(H,14,15). The number of aryl methyl sites for hydroxylation is 1. The highest BCUT2D eigenvalue weighted by molar-refractivity contribution is 7.10. The van der Waals surface area contributed by atoms with E-state index in [4.69, 9.17) is 5.73 Å². The number of carbonyl (C=O) groups is 1. The second kappa shape index (κ2) is 6.66. The van der Waals surface area contributed by atoms with Crippen LogP contribution in [0.2, 0.25) is 0 Å². The number of hydrogen-bond acceptors (Lipinski definition) is 3. The Kier molecular flexibility index (Phi) is 5.49. The maximum atomic E-state index is 11.6. The SMILES string of the molecule is Cc1ccsc1CCNC(=O)C(C)CCN. The molecule has 0 radical (unpaired) electrons. The minimum absolute atomic E-state index is 0.0226. The number of amides is 1. The van der Waals surface area contributed by atoms with Crippen molar-refractivity contribution in [2.45, 2.75) is 26.7 Å². The van der Waals surface area contributed by atoms with Crippen LogP contribution in [-0.4, -0.2) is 19.0 Å². The minimum Gasteiger partial charge on any atom is -0.356 e. The summed E-state index contributed by atoms with van der Waals surface area (Å²) in [5.41, 5.74) is 6.73. The predicted molar refractivity (Wildman–Crippen MR) is 68.6 cm³/mol. The van der Waals surface area contributed by atoms with Crippen LogP contribution in [0, 0.1) is 12.8 Å². The van der Waals surface area contributed by atoms with Crippen LogP contribution < -0.4 is 11.1 Å². The zero-order valence-electron chi connectivity index (χ0n) is 9.95. The van der Waals surface area contributed by atoms with Gasteiger partial charge in [-0.2, -0.15) is 0 Å². The Balaban J connectivity index is 2.25. The summed E-state index contributed by atoms with van der Waals surface area (Å²) in [6.45, 7) is 5.30. The second-order valence-electron chi connectivity index (χ2n) is 4.05. The number of nitrogens with one attached hydrogen (secondary N) is 1. The van der Waals surface area contributed by atoms with Gasteiger partial charge in [-0.1, -0.05) is 6.92 Å². The molecule has 0 aliphatic carbocycles. The van der Waals surface area contributed by atoms with Crippen LogP contribution in [0.4, 0.5) is 0 Å². The van der Waals surface area contributed by atoms with Crippen LogP contribution in [0.3, 0.4) is 0 Å². The summed E-state index contributed by atoms with van der Waals surface area (Å²) in [5, 5.41) is 5.03. The summed E-state index contributed by atoms with van der Waals surface area (Å²) < 4.78 is 0. The van der Waals surface area contributed by atoms with Gasteiger partial charge in [-0.15, -0.1) is 11.3 Å². The lowest BCUT2D eigenvalue weighted by Gasteiger charge is -2.10. The molecule has 1 aromatic heterocycles. The Labute approximate surface area is 101 Å². The molecule has 0 saturated heterocycles. The Bertz CT molecular complexity index is 336. The van der Waals surface area contributed by atoms with E-state index in [1.54, 1.807) is 11.3 Å². The first kappa shape index (κ1) is 13.2. The largest absolute Gasteiger partial charge is 0.356 e.